The molecule has 0 amide bonds. The Morgan fingerprint density at radius 2 is 1.84 bits per heavy atom. The number of benzene rings is 1. The minimum Gasteiger partial charge on any atom is -0.477 e. The molecule has 0 atom stereocenters. The molecule has 102 valence electrons. The molecule has 0 aliphatic rings. The molecule has 0 fully saturated rings. The molecule has 1 aromatic carbocycles. The maximum Gasteiger partial charge on any atom is 0.233 e. The largest absolute Gasteiger partial charge is 0.477 e. The van der Waals surface area contributed by atoms with E-state index in [1.807, 2.05) is 36.4 Å². The normalized spacial score (nSPS) is 10.6. The average Bonchev–Trinajstić information content (AvgIpc) is 2.92. The van der Waals surface area contributed by atoms with E-state index >= 15 is 0 Å². The highest BCUT2D eigenvalue weighted by Gasteiger charge is 2.03. The first-order valence-electron chi connectivity index (χ1n) is 6.74. The van der Waals surface area contributed by atoms with Gasteiger partial charge in [-0.05, 0) is 24.8 Å². The predicted octanol–water partition coefficient (Wildman–Crippen LogP) is 3.01. The second-order valence-corrected chi connectivity index (χ2v) is 4.47. The Hall–Kier alpha value is -1.81. The van der Waals surface area contributed by atoms with Gasteiger partial charge in [-0.3, -0.25) is 5.10 Å². The van der Waals surface area contributed by atoms with Gasteiger partial charge in [-0.1, -0.05) is 36.8 Å². The topological polar surface area (TPSA) is 58.1 Å². The summed E-state index contributed by atoms with van der Waals surface area (Å²) in [4.78, 5) is 0. The molecule has 1 aromatic heterocycles. The lowest BCUT2D eigenvalue weighted by molar-refractivity contribution is 0.270. The molecule has 0 saturated heterocycles. The van der Waals surface area contributed by atoms with Crippen molar-refractivity contribution >= 4 is 0 Å². The summed E-state index contributed by atoms with van der Waals surface area (Å²) in [6, 6.07) is 12.0. The molecule has 0 bridgehead atoms. The van der Waals surface area contributed by atoms with E-state index in [1.165, 1.54) is 0 Å². The lowest BCUT2D eigenvalue weighted by Crippen LogP contribution is -1.97. The number of aliphatic hydroxyl groups excluding tert-OH is 1. The Balaban J connectivity index is 1.75. The van der Waals surface area contributed by atoms with Crippen molar-refractivity contribution in [3.8, 4) is 17.1 Å². The second kappa shape index (κ2) is 7.59. The highest BCUT2D eigenvalue weighted by Crippen LogP contribution is 2.20. The lowest BCUT2D eigenvalue weighted by atomic mass is 10.2. The van der Waals surface area contributed by atoms with E-state index < -0.39 is 0 Å². The van der Waals surface area contributed by atoms with Crippen LogP contribution in [-0.4, -0.2) is 28.5 Å². The summed E-state index contributed by atoms with van der Waals surface area (Å²) in [7, 11) is 0. The first-order valence-corrected chi connectivity index (χ1v) is 6.74. The van der Waals surface area contributed by atoms with Gasteiger partial charge in [0, 0.05) is 12.7 Å². The van der Waals surface area contributed by atoms with Crippen molar-refractivity contribution in [3.63, 3.8) is 0 Å². The van der Waals surface area contributed by atoms with E-state index in [0.717, 1.165) is 36.9 Å². The fraction of sp³-hybridized carbons (Fsp3) is 0.400. The molecule has 2 rings (SSSR count). The Labute approximate surface area is 113 Å². The first kappa shape index (κ1) is 13.6. The highest BCUT2D eigenvalue weighted by atomic mass is 16.5. The molecule has 2 aromatic rings. The van der Waals surface area contributed by atoms with Crippen molar-refractivity contribution < 1.29 is 9.84 Å². The summed E-state index contributed by atoms with van der Waals surface area (Å²) in [5, 5.41) is 15.8. The number of aliphatic hydroxyl groups is 1. The molecule has 0 aliphatic carbocycles. The molecule has 4 nitrogen and oxygen atoms in total. The van der Waals surface area contributed by atoms with Crippen LogP contribution in [0.25, 0.3) is 11.3 Å². The number of unbranched alkanes of at least 4 members (excludes halogenated alkanes) is 3. The van der Waals surface area contributed by atoms with Gasteiger partial charge in [0.15, 0.2) is 0 Å². The van der Waals surface area contributed by atoms with Gasteiger partial charge in [0.1, 0.15) is 0 Å². The fourth-order valence-electron chi connectivity index (χ4n) is 1.89. The van der Waals surface area contributed by atoms with Crippen molar-refractivity contribution in [2.75, 3.05) is 13.2 Å². The number of aromatic nitrogens is 2. The minimum atomic E-state index is 0.278. The standard InChI is InChI=1S/C15H20N2O2/c18-10-6-1-2-7-11-19-15-12-14(16-17-15)13-8-4-3-5-9-13/h3-5,8-9,12,18H,1-2,6-7,10-11H2,(H,16,17). The van der Waals surface area contributed by atoms with Gasteiger partial charge in [-0.15, -0.1) is 5.10 Å². The van der Waals surface area contributed by atoms with Crippen LogP contribution in [0, 0.1) is 0 Å². The summed E-state index contributed by atoms with van der Waals surface area (Å²) in [6.45, 7) is 0.950. The summed E-state index contributed by atoms with van der Waals surface area (Å²) in [5.74, 6) is 0.640. The van der Waals surface area contributed by atoms with Crippen molar-refractivity contribution in [1.82, 2.24) is 10.2 Å². The molecule has 0 spiro atoms. The molecule has 0 unspecified atom stereocenters. The quantitative estimate of drug-likeness (QED) is 0.717. The number of nitrogens with zero attached hydrogens (tertiary/aromatic N) is 1. The van der Waals surface area contributed by atoms with Crippen LogP contribution in [0.2, 0.25) is 0 Å². The third kappa shape index (κ3) is 4.41. The van der Waals surface area contributed by atoms with Gasteiger partial charge in [0.05, 0.1) is 12.3 Å². The van der Waals surface area contributed by atoms with Crippen LogP contribution >= 0.6 is 0 Å². The molecule has 4 heteroatoms. The zero-order chi connectivity index (χ0) is 13.3. The van der Waals surface area contributed by atoms with E-state index in [9.17, 15) is 0 Å². The zero-order valence-electron chi connectivity index (χ0n) is 11.0. The Morgan fingerprint density at radius 1 is 1.05 bits per heavy atom. The zero-order valence-corrected chi connectivity index (χ0v) is 11.0. The smallest absolute Gasteiger partial charge is 0.233 e. The van der Waals surface area contributed by atoms with Crippen LogP contribution in [0.15, 0.2) is 36.4 Å². The molecule has 0 radical (unpaired) electrons. The molecule has 0 saturated carbocycles. The van der Waals surface area contributed by atoms with E-state index in [2.05, 4.69) is 10.2 Å². The Bertz CT molecular complexity index is 468. The minimum absolute atomic E-state index is 0.278. The number of rotatable bonds is 8. The first-order chi connectivity index (χ1) is 9.40. The average molecular weight is 260 g/mol. The van der Waals surface area contributed by atoms with Gasteiger partial charge in [0.2, 0.25) is 5.88 Å². The third-order valence-corrected chi connectivity index (χ3v) is 2.94. The molecule has 2 N–H and O–H groups in total. The SMILES string of the molecule is OCCCCCCOc1cc(-c2ccccc2)[nH]n1. The van der Waals surface area contributed by atoms with Crippen LogP contribution in [0.4, 0.5) is 0 Å². The van der Waals surface area contributed by atoms with Gasteiger partial charge < -0.3 is 9.84 Å². The van der Waals surface area contributed by atoms with Gasteiger partial charge in [0.25, 0.3) is 0 Å². The number of aromatic amines is 1. The number of nitrogens with one attached hydrogen (secondary N) is 1. The molecule has 19 heavy (non-hydrogen) atoms. The van der Waals surface area contributed by atoms with Crippen molar-refractivity contribution in [3.05, 3.63) is 36.4 Å². The van der Waals surface area contributed by atoms with Gasteiger partial charge >= 0.3 is 0 Å². The summed E-state index contributed by atoms with van der Waals surface area (Å²) in [6.07, 6.45) is 4.00. The molecular formula is C15H20N2O2. The second-order valence-electron chi connectivity index (χ2n) is 4.47. The summed E-state index contributed by atoms with van der Waals surface area (Å²) in [5.41, 5.74) is 2.07. The van der Waals surface area contributed by atoms with Gasteiger partial charge in [-0.2, -0.15) is 0 Å². The van der Waals surface area contributed by atoms with E-state index in [1.54, 1.807) is 0 Å². The van der Waals surface area contributed by atoms with Crippen LogP contribution < -0.4 is 4.74 Å². The van der Waals surface area contributed by atoms with Crippen molar-refractivity contribution in [1.29, 1.82) is 0 Å². The van der Waals surface area contributed by atoms with Crippen molar-refractivity contribution in [2.24, 2.45) is 0 Å². The third-order valence-electron chi connectivity index (χ3n) is 2.94. The van der Waals surface area contributed by atoms with Crippen molar-refractivity contribution in [2.45, 2.75) is 25.7 Å². The fourth-order valence-corrected chi connectivity index (χ4v) is 1.89. The summed E-state index contributed by atoms with van der Waals surface area (Å²) < 4.78 is 5.58. The molecule has 0 aliphatic heterocycles. The number of ether oxygens (including phenoxy) is 1. The predicted molar refractivity (Wildman–Crippen MR) is 75.1 cm³/mol. The maximum atomic E-state index is 8.67. The van der Waals surface area contributed by atoms with Crippen LogP contribution in [-0.2, 0) is 0 Å². The van der Waals surface area contributed by atoms with E-state index in [4.69, 9.17) is 9.84 Å². The molecule has 1 heterocycles. The number of hydrogen-bond acceptors (Lipinski definition) is 3. The highest BCUT2D eigenvalue weighted by molar-refractivity contribution is 5.59. The van der Waals surface area contributed by atoms with Gasteiger partial charge in [-0.25, -0.2) is 0 Å². The van der Waals surface area contributed by atoms with Crippen LogP contribution in [0.1, 0.15) is 25.7 Å². The monoisotopic (exact) mass is 260 g/mol. The number of H-pyrrole nitrogens is 1. The van der Waals surface area contributed by atoms with Crippen LogP contribution in [0.3, 0.4) is 0 Å². The Morgan fingerprint density at radius 3 is 2.63 bits per heavy atom. The Kier molecular flexibility index (Phi) is 5.44. The van der Waals surface area contributed by atoms with Crippen LogP contribution in [0.5, 0.6) is 5.88 Å². The lowest BCUT2D eigenvalue weighted by Gasteiger charge is -2.01. The van der Waals surface area contributed by atoms with E-state index in [0.29, 0.717) is 12.5 Å². The maximum absolute atomic E-state index is 8.67. The molecular weight excluding hydrogens is 240 g/mol. The number of hydrogen-bond donors (Lipinski definition) is 2. The van der Waals surface area contributed by atoms with E-state index in [-0.39, 0.29) is 6.61 Å². The summed E-state index contributed by atoms with van der Waals surface area (Å²) >= 11 is 0.